The smallest absolute Gasteiger partial charge is 0.435 e. The quantitative estimate of drug-likeness (QED) is 0.605. The normalized spacial score (nSPS) is 17.6. The minimum absolute atomic E-state index is 0.0446. The molecule has 7 heteroatoms. The Labute approximate surface area is 126 Å². The van der Waals surface area contributed by atoms with E-state index in [-0.39, 0.29) is 17.5 Å². The van der Waals surface area contributed by atoms with Crippen LogP contribution in [0.25, 0.3) is 5.53 Å². The molecule has 0 bridgehead atoms. The van der Waals surface area contributed by atoms with Gasteiger partial charge in [0.25, 0.3) is 11.7 Å². The van der Waals surface area contributed by atoms with Gasteiger partial charge in [0.2, 0.25) is 5.71 Å². The van der Waals surface area contributed by atoms with Crippen molar-refractivity contribution in [3.05, 3.63) is 40.4 Å². The largest absolute Gasteiger partial charge is 0.497 e. The maximum Gasteiger partial charge on any atom is 0.435 e. The average molecular weight is 302 g/mol. The summed E-state index contributed by atoms with van der Waals surface area (Å²) < 4.78 is 0. The van der Waals surface area contributed by atoms with Gasteiger partial charge in [-0.3, -0.25) is 4.79 Å². The first kappa shape index (κ1) is 13.7. The van der Waals surface area contributed by atoms with E-state index in [0.29, 0.717) is 29.5 Å². The van der Waals surface area contributed by atoms with Crippen LogP contribution in [-0.2, 0) is 4.79 Å². The maximum atomic E-state index is 12.4. The number of hydrogen-bond donors (Lipinski definition) is 0. The van der Waals surface area contributed by atoms with Crippen molar-refractivity contribution in [1.82, 2.24) is 4.90 Å². The molecule has 0 atom stereocenters. The summed E-state index contributed by atoms with van der Waals surface area (Å²) in [5, 5.41) is 0.603. The standard InChI is InChI=1S/C14H12ClN5O/c15-10-5-3-9(4-6-10)12-17-11(13(18-12)19-16)14(21)20-7-1-2-8-20/h3-6H,1-2,7-8H2. The van der Waals surface area contributed by atoms with Gasteiger partial charge in [0.05, 0.1) is 0 Å². The molecule has 6 nitrogen and oxygen atoms in total. The van der Waals surface area contributed by atoms with Crippen molar-refractivity contribution in [2.45, 2.75) is 12.8 Å². The maximum absolute atomic E-state index is 12.4. The lowest BCUT2D eigenvalue weighted by molar-refractivity contribution is -0.123. The summed E-state index contributed by atoms with van der Waals surface area (Å²) in [6.07, 6.45) is 1.96. The third-order valence-corrected chi connectivity index (χ3v) is 3.69. The molecule has 1 fully saturated rings. The number of carbonyl (C=O) groups is 1. The van der Waals surface area contributed by atoms with Crippen LogP contribution in [0.4, 0.5) is 0 Å². The first-order valence-corrected chi connectivity index (χ1v) is 7.02. The van der Waals surface area contributed by atoms with Crippen LogP contribution in [0.15, 0.2) is 34.3 Å². The Balaban J connectivity index is 1.92. The first-order valence-electron chi connectivity index (χ1n) is 6.64. The van der Waals surface area contributed by atoms with Crippen LogP contribution in [0.5, 0.6) is 0 Å². The number of nitrogens with zero attached hydrogens (tertiary/aromatic N) is 5. The summed E-state index contributed by atoms with van der Waals surface area (Å²) >= 11 is 5.84. The van der Waals surface area contributed by atoms with Crippen molar-refractivity contribution in [3.8, 4) is 0 Å². The highest BCUT2D eigenvalue weighted by atomic mass is 35.5. The number of halogens is 1. The van der Waals surface area contributed by atoms with Gasteiger partial charge in [-0.25, -0.2) is 0 Å². The molecule has 2 aliphatic rings. The lowest BCUT2D eigenvalue weighted by atomic mass is 10.2. The van der Waals surface area contributed by atoms with E-state index < -0.39 is 0 Å². The molecule has 1 saturated heterocycles. The van der Waals surface area contributed by atoms with Crippen molar-refractivity contribution in [2.75, 3.05) is 13.1 Å². The molecule has 0 aliphatic carbocycles. The summed E-state index contributed by atoms with van der Waals surface area (Å²) in [5.74, 6) is 0.0619. The van der Waals surface area contributed by atoms with Crippen LogP contribution in [0.1, 0.15) is 18.4 Å². The topological polar surface area (TPSA) is 81.4 Å². The van der Waals surface area contributed by atoms with Gasteiger partial charge in [-0.1, -0.05) is 11.6 Å². The van der Waals surface area contributed by atoms with Gasteiger partial charge in [0, 0.05) is 23.7 Å². The fourth-order valence-electron chi connectivity index (χ4n) is 2.35. The zero-order valence-electron chi connectivity index (χ0n) is 11.2. The van der Waals surface area contributed by atoms with Gasteiger partial charge in [0.1, 0.15) is 0 Å². The Morgan fingerprint density at radius 1 is 1.19 bits per heavy atom. The monoisotopic (exact) mass is 301 g/mol. The molecule has 21 heavy (non-hydrogen) atoms. The first-order chi connectivity index (χ1) is 10.2. The Hall–Kier alpha value is -2.30. The zero-order valence-corrected chi connectivity index (χ0v) is 11.9. The fourth-order valence-corrected chi connectivity index (χ4v) is 2.47. The molecule has 0 unspecified atom stereocenters. The Bertz CT molecular complexity index is 695. The van der Waals surface area contributed by atoms with Gasteiger partial charge < -0.3 is 15.2 Å². The molecule has 0 radical (unpaired) electrons. The highest BCUT2D eigenvalue weighted by molar-refractivity contribution is 6.68. The predicted molar refractivity (Wildman–Crippen MR) is 79.9 cm³/mol. The number of carbonyl (C=O) groups excluding carboxylic acids is 1. The highest BCUT2D eigenvalue weighted by Crippen LogP contribution is 2.15. The van der Waals surface area contributed by atoms with E-state index in [1.165, 1.54) is 0 Å². The molecule has 0 aromatic heterocycles. The SMILES string of the molecule is [N-]=[N+]=C1N=C(c2ccc(Cl)cc2)N=C1C(=O)N1CCCC1. The summed E-state index contributed by atoms with van der Waals surface area (Å²) in [4.78, 5) is 25.5. The van der Waals surface area contributed by atoms with Crippen LogP contribution >= 0.6 is 11.6 Å². The Morgan fingerprint density at radius 3 is 2.48 bits per heavy atom. The van der Waals surface area contributed by atoms with E-state index in [4.69, 9.17) is 17.1 Å². The second-order valence-corrected chi connectivity index (χ2v) is 5.26. The number of rotatable bonds is 2. The molecule has 3 rings (SSSR count). The number of aliphatic imine (C=N–C) groups is 2. The van der Waals surface area contributed by atoms with Crippen LogP contribution in [-0.4, -0.2) is 46.1 Å². The second-order valence-electron chi connectivity index (χ2n) is 4.83. The minimum atomic E-state index is -0.243. The van der Waals surface area contributed by atoms with Crippen molar-refractivity contribution in [3.63, 3.8) is 0 Å². The van der Waals surface area contributed by atoms with Crippen molar-refractivity contribution < 1.29 is 9.58 Å². The van der Waals surface area contributed by atoms with Gasteiger partial charge in [-0.05, 0) is 42.1 Å². The molecule has 106 valence electrons. The van der Waals surface area contributed by atoms with E-state index in [1.54, 1.807) is 29.2 Å². The lowest BCUT2D eigenvalue weighted by Crippen LogP contribution is -2.37. The Morgan fingerprint density at radius 2 is 1.86 bits per heavy atom. The van der Waals surface area contributed by atoms with Crippen molar-refractivity contribution in [2.24, 2.45) is 9.98 Å². The van der Waals surface area contributed by atoms with E-state index >= 15 is 0 Å². The van der Waals surface area contributed by atoms with Crippen LogP contribution < -0.4 is 0 Å². The lowest BCUT2D eigenvalue weighted by Gasteiger charge is -2.12. The second kappa shape index (κ2) is 5.60. The number of likely N-dealkylation sites (tertiary alicyclic amines) is 1. The van der Waals surface area contributed by atoms with Crippen LogP contribution in [0, 0.1) is 0 Å². The molecular formula is C14H12ClN5O. The zero-order chi connectivity index (χ0) is 14.8. The summed E-state index contributed by atoms with van der Waals surface area (Å²) in [6, 6.07) is 6.93. The molecule has 0 saturated carbocycles. The van der Waals surface area contributed by atoms with Gasteiger partial charge in [-0.2, -0.15) is 4.99 Å². The van der Waals surface area contributed by atoms with Crippen LogP contribution in [0.2, 0.25) is 5.02 Å². The molecule has 0 N–H and O–H groups in total. The van der Waals surface area contributed by atoms with Gasteiger partial charge in [0.15, 0.2) is 0 Å². The Kier molecular flexibility index (Phi) is 3.64. The number of benzene rings is 1. The third-order valence-electron chi connectivity index (χ3n) is 3.43. The number of amidine groups is 2. The molecule has 0 spiro atoms. The van der Waals surface area contributed by atoms with Crippen LogP contribution in [0.3, 0.4) is 0 Å². The molecule has 1 amide bonds. The summed E-state index contributed by atoms with van der Waals surface area (Å²) in [7, 11) is 0. The molecule has 1 aromatic carbocycles. The van der Waals surface area contributed by atoms with E-state index in [1.807, 2.05) is 0 Å². The number of hydrogen-bond acceptors (Lipinski definition) is 2. The van der Waals surface area contributed by atoms with E-state index in [0.717, 1.165) is 12.8 Å². The third kappa shape index (κ3) is 2.63. The number of amides is 1. The van der Waals surface area contributed by atoms with Gasteiger partial charge >= 0.3 is 5.84 Å². The minimum Gasteiger partial charge on any atom is -0.497 e. The summed E-state index contributed by atoms with van der Waals surface area (Å²) in [6.45, 7) is 1.40. The molecular weight excluding hydrogens is 290 g/mol. The average Bonchev–Trinajstić information content (AvgIpc) is 3.17. The fraction of sp³-hybridized carbons (Fsp3) is 0.286. The van der Waals surface area contributed by atoms with Gasteiger partial charge in [-0.15, -0.1) is 0 Å². The van der Waals surface area contributed by atoms with Crippen molar-refractivity contribution >= 4 is 34.9 Å². The molecule has 1 aromatic rings. The molecule has 2 aliphatic heterocycles. The predicted octanol–water partition coefficient (Wildman–Crippen LogP) is 1.79. The van der Waals surface area contributed by atoms with E-state index in [2.05, 4.69) is 14.8 Å². The summed E-state index contributed by atoms with van der Waals surface area (Å²) in [5.41, 5.74) is 9.85. The highest BCUT2D eigenvalue weighted by Gasteiger charge is 2.37. The van der Waals surface area contributed by atoms with Crippen molar-refractivity contribution in [1.29, 1.82) is 0 Å². The molecule has 2 heterocycles. The van der Waals surface area contributed by atoms with E-state index in [9.17, 15) is 4.79 Å².